The van der Waals surface area contributed by atoms with Crippen molar-refractivity contribution in [1.82, 2.24) is 4.90 Å². The highest BCUT2D eigenvalue weighted by Crippen LogP contribution is 2.25. The van der Waals surface area contributed by atoms with E-state index in [2.05, 4.69) is 30.7 Å². The Balaban J connectivity index is 1.68. The summed E-state index contributed by atoms with van der Waals surface area (Å²) in [4.78, 5) is 26.0. The Morgan fingerprint density at radius 3 is 2.44 bits per heavy atom. The van der Waals surface area contributed by atoms with E-state index in [0.29, 0.717) is 25.1 Å². The molecule has 0 saturated carbocycles. The minimum atomic E-state index is -0.762. The fourth-order valence-electron chi connectivity index (χ4n) is 3.74. The molecular formula is C28H33NO4S. The second-order valence-corrected chi connectivity index (χ2v) is 9.22. The van der Waals surface area contributed by atoms with Crippen LogP contribution in [0.4, 0.5) is 0 Å². The van der Waals surface area contributed by atoms with Gasteiger partial charge in [-0.2, -0.15) is 11.3 Å². The number of rotatable bonds is 13. The zero-order valence-electron chi connectivity index (χ0n) is 19.9. The molecule has 0 bridgehead atoms. The lowest BCUT2D eigenvalue weighted by Gasteiger charge is -2.29. The molecule has 0 spiro atoms. The third kappa shape index (κ3) is 7.19. The van der Waals surface area contributed by atoms with Gasteiger partial charge in [0.15, 0.2) is 0 Å². The van der Waals surface area contributed by atoms with Crippen LogP contribution in [-0.2, 0) is 11.3 Å². The highest BCUT2D eigenvalue weighted by Gasteiger charge is 2.22. The number of para-hydroxylation sites is 1. The maximum Gasteiger partial charge on any atom is 0.303 e. The monoisotopic (exact) mass is 479 g/mol. The van der Waals surface area contributed by atoms with E-state index in [1.165, 1.54) is 0 Å². The van der Waals surface area contributed by atoms with Gasteiger partial charge in [0, 0.05) is 30.1 Å². The van der Waals surface area contributed by atoms with Crippen LogP contribution < -0.4 is 4.74 Å². The van der Waals surface area contributed by atoms with Gasteiger partial charge in [-0.05, 0) is 78.8 Å². The number of carboxylic acid groups (broad SMARTS) is 1. The number of benzene rings is 2. The van der Waals surface area contributed by atoms with Crippen LogP contribution in [0.2, 0.25) is 0 Å². The topological polar surface area (TPSA) is 66.8 Å². The van der Waals surface area contributed by atoms with Crippen LogP contribution in [0.15, 0.2) is 65.4 Å². The van der Waals surface area contributed by atoms with Gasteiger partial charge in [-0.15, -0.1) is 0 Å². The molecule has 0 fully saturated rings. The van der Waals surface area contributed by atoms with E-state index in [1.54, 1.807) is 11.3 Å². The first kappa shape index (κ1) is 25.5. The standard InChI is InChI=1S/C28H33NO4S/c1-3-21(2)29(28(32)23-14-12-22(13-15-23)25-16-18-34-20-25)19-24-9-6-7-10-26(24)33-17-8-4-5-11-27(30)31/h6-7,9-10,12-16,18,20-21H,3-5,8,11,17,19H2,1-2H3,(H,30,31). The van der Waals surface area contributed by atoms with Crippen molar-refractivity contribution in [2.75, 3.05) is 6.61 Å². The molecule has 0 aliphatic heterocycles. The van der Waals surface area contributed by atoms with Gasteiger partial charge in [-0.25, -0.2) is 0 Å². The molecule has 1 amide bonds. The van der Waals surface area contributed by atoms with Gasteiger partial charge >= 0.3 is 5.97 Å². The predicted molar refractivity (Wildman–Crippen MR) is 137 cm³/mol. The van der Waals surface area contributed by atoms with E-state index in [-0.39, 0.29) is 18.4 Å². The Hall–Kier alpha value is -3.12. The number of unbranched alkanes of at least 4 members (excludes halogenated alkanes) is 2. The Morgan fingerprint density at radius 2 is 1.76 bits per heavy atom. The van der Waals surface area contributed by atoms with Crippen molar-refractivity contribution in [2.45, 2.75) is 58.5 Å². The van der Waals surface area contributed by atoms with E-state index < -0.39 is 5.97 Å². The highest BCUT2D eigenvalue weighted by atomic mass is 32.1. The first-order chi connectivity index (χ1) is 16.5. The molecule has 1 aromatic heterocycles. The third-order valence-corrected chi connectivity index (χ3v) is 6.66. The lowest BCUT2D eigenvalue weighted by Crippen LogP contribution is -2.37. The van der Waals surface area contributed by atoms with Gasteiger partial charge in [-0.1, -0.05) is 37.3 Å². The predicted octanol–water partition coefficient (Wildman–Crippen LogP) is 6.88. The lowest BCUT2D eigenvalue weighted by molar-refractivity contribution is -0.137. The van der Waals surface area contributed by atoms with Gasteiger partial charge in [0.2, 0.25) is 0 Å². The summed E-state index contributed by atoms with van der Waals surface area (Å²) >= 11 is 1.66. The van der Waals surface area contributed by atoms with Crippen molar-refractivity contribution in [3.63, 3.8) is 0 Å². The minimum absolute atomic E-state index is 0.00897. The molecule has 5 nitrogen and oxygen atoms in total. The number of amides is 1. The van der Waals surface area contributed by atoms with Crippen LogP contribution in [-0.4, -0.2) is 34.5 Å². The summed E-state index contributed by atoms with van der Waals surface area (Å²) in [5, 5.41) is 12.9. The molecule has 0 radical (unpaired) electrons. The van der Waals surface area contributed by atoms with Gasteiger partial charge in [0.05, 0.1) is 6.61 Å². The molecule has 34 heavy (non-hydrogen) atoms. The van der Waals surface area contributed by atoms with Crippen LogP contribution >= 0.6 is 11.3 Å². The maximum atomic E-state index is 13.5. The Bertz CT molecular complexity index is 1050. The zero-order valence-corrected chi connectivity index (χ0v) is 20.7. The van der Waals surface area contributed by atoms with Gasteiger partial charge in [0.25, 0.3) is 5.91 Å². The lowest BCUT2D eigenvalue weighted by atomic mass is 10.0. The van der Waals surface area contributed by atoms with Crippen molar-refractivity contribution in [2.24, 2.45) is 0 Å². The number of carboxylic acids is 1. The van der Waals surface area contributed by atoms with Crippen LogP contribution in [0.1, 0.15) is 61.9 Å². The second kappa shape index (κ2) is 12.9. The summed E-state index contributed by atoms with van der Waals surface area (Å²) < 4.78 is 6.02. The van der Waals surface area contributed by atoms with Gasteiger partial charge in [-0.3, -0.25) is 9.59 Å². The molecule has 0 aliphatic carbocycles. The average Bonchev–Trinajstić information content (AvgIpc) is 3.39. The first-order valence-corrected chi connectivity index (χ1v) is 12.8. The summed E-state index contributed by atoms with van der Waals surface area (Å²) in [5.74, 6) is 0.0199. The molecule has 6 heteroatoms. The van der Waals surface area contributed by atoms with Crippen molar-refractivity contribution in [3.8, 4) is 16.9 Å². The minimum Gasteiger partial charge on any atom is -0.493 e. The molecule has 1 unspecified atom stereocenters. The Labute approximate surface area is 206 Å². The number of thiophene rings is 1. The number of hydrogen-bond donors (Lipinski definition) is 1. The summed E-state index contributed by atoms with van der Waals surface area (Å²) in [6.07, 6.45) is 3.31. The molecule has 3 aromatic rings. The number of carbonyl (C=O) groups excluding carboxylic acids is 1. The van der Waals surface area contributed by atoms with Gasteiger partial charge < -0.3 is 14.7 Å². The summed E-state index contributed by atoms with van der Waals surface area (Å²) in [5.41, 5.74) is 3.92. The molecule has 1 atom stereocenters. The SMILES string of the molecule is CCC(C)N(Cc1ccccc1OCCCCCC(=O)O)C(=O)c1ccc(-c2ccsc2)cc1. The molecule has 2 aromatic carbocycles. The summed E-state index contributed by atoms with van der Waals surface area (Å²) in [6, 6.07) is 17.8. The van der Waals surface area contributed by atoms with E-state index >= 15 is 0 Å². The van der Waals surface area contributed by atoms with E-state index in [4.69, 9.17) is 9.84 Å². The highest BCUT2D eigenvalue weighted by molar-refractivity contribution is 7.08. The van der Waals surface area contributed by atoms with Crippen molar-refractivity contribution < 1.29 is 19.4 Å². The van der Waals surface area contributed by atoms with Gasteiger partial charge in [0.1, 0.15) is 5.75 Å². The van der Waals surface area contributed by atoms with Crippen LogP contribution in [0, 0.1) is 0 Å². The van der Waals surface area contributed by atoms with E-state index in [9.17, 15) is 9.59 Å². The normalized spacial score (nSPS) is 11.7. The molecule has 180 valence electrons. The number of ether oxygens (including phenoxy) is 1. The fraction of sp³-hybridized carbons (Fsp3) is 0.357. The number of carbonyl (C=O) groups is 2. The van der Waals surface area contributed by atoms with Crippen LogP contribution in [0.25, 0.3) is 11.1 Å². The molecule has 3 rings (SSSR count). The van der Waals surface area contributed by atoms with Crippen molar-refractivity contribution in [1.29, 1.82) is 0 Å². The average molecular weight is 480 g/mol. The van der Waals surface area contributed by atoms with Crippen LogP contribution in [0.5, 0.6) is 5.75 Å². The summed E-state index contributed by atoms with van der Waals surface area (Å²) in [6.45, 7) is 5.15. The van der Waals surface area contributed by atoms with E-state index in [0.717, 1.165) is 41.7 Å². The molecule has 0 aliphatic rings. The maximum absolute atomic E-state index is 13.5. The molecule has 1 N–H and O–H groups in total. The number of hydrogen-bond acceptors (Lipinski definition) is 4. The fourth-order valence-corrected chi connectivity index (χ4v) is 4.41. The van der Waals surface area contributed by atoms with E-state index in [1.807, 2.05) is 53.4 Å². The molecular weight excluding hydrogens is 446 g/mol. The molecule has 0 saturated heterocycles. The Morgan fingerprint density at radius 1 is 1.00 bits per heavy atom. The first-order valence-electron chi connectivity index (χ1n) is 11.9. The Kier molecular flexibility index (Phi) is 9.71. The third-order valence-electron chi connectivity index (χ3n) is 5.98. The number of nitrogens with zero attached hydrogens (tertiary/aromatic N) is 1. The summed E-state index contributed by atoms with van der Waals surface area (Å²) in [7, 11) is 0. The molecule has 1 heterocycles. The van der Waals surface area contributed by atoms with Crippen molar-refractivity contribution >= 4 is 23.2 Å². The largest absolute Gasteiger partial charge is 0.493 e. The quantitative estimate of drug-likeness (QED) is 0.271. The second-order valence-electron chi connectivity index (χ2n) is 8.44. The van der Waals surface area contributed by atoms with Crippen molar-refractivity contribution in [3.05, 3.63) is 76.5 Å². The van der Waals surface area contributed by atoms with Crippen LogP contribution in [0.3, 0.4) is 0 Å². The number of aliphatic carboxylic acids is 1. The zero-order chi connectivity index (χ0) is 24.3. The smallest absolute Gasteiger partial charge is 0.303 e.